The van der Waals surface area contributed by atoms with Gasteiger partial charge in [0.1, 0.15) is 5.76 Å². The highest BCUT2D eigenvalue weighted by Gasteiger charge is 2.14. The van der Waals surface area contributed by atoms with Gasteiger partial charge in [-0.2, -0.15) is 0 Å². The highest BCUT2D eigenvalue weighted by Crippen LogP contribution is 2.20. The average Bonchev–Trinajstić information content (AvgIpc) is 3.07. The predicted octanol–water partition coefficient (Wildman–Crippen LogP) is 2.76. The first-order chi connectivity index (χ1) is 9.56. The molecule has 7 heteroatoms. The number of aromatic nitrogens is 2. The molecule has 108 valence electrons. The zero-order valence-corrected chi connectivity index (χ0v) is 12.4. The zero-order chi connectivity index (χ0) is 14.5. The molecule has 2 heterocycles. The van der Waals surface area contributed by atoms with E-state index in [1.54, 1.807) is 12.3 Å². The summed E-state index contributed by atoms with van der Waals surface area (Å²) in [6.45, 7) is 5.81. The number of amides is 1. The third-order valence-electron chi connectivity index (χ3n) is 2.59. The van der Waals surface area contributed by atoms with Crippen LogP contribution in [0, 0.1) is 0 Å². The summed E-state index contributed by atoms with van der Waals surface area (Å²) >= 11 is 1.22. The van der Waals surface area contributed by atoms with E-state index < -0.39 is 0 Å². The number of hydrogen-bond acceptors (Lipinski definition) is 6. The Morgan fingerprint density at radius 2 is 2.20 bits per heavy atom. The van der Waals surface area contributed by atoms with Crippen LogP contribution in [0.1, 0.15) is 44.4 Å². The molecule has 2 aromatic rings. The van der Waals surface area contributed by atoms with E-state index in [1.165, 1.54) is 11.8 Å². The quantitative estimate of drug-likeness (QED) is 0.825. The monoisotopic (exact) mass is 295 g/mol. The first-order valence-electron chi connectivity index (χ1n) is 6.35. The van der Waals surface area contributed by atoms with Crippen molar-refractivity contribution in [2.75, 3.05) is 5.75 Å². The van der Waals surface area contributed by atoms with Crippen LogP contribution in [-0.2, 0) is 4.79 Å². The second-order valence-electron chi connectivity index (χ2n) is 4.65. The van der Waals surface area contributed by atoms with Gasteiger partial charge in [-0.1, -0.05) is 25.6 Å². The highest BCUT2D eigenvalue weighted by atomic mass is 32.2. The molecular weight excluding hydrogens is 278 g/mol. The molecule has 0 aliphatic heterocycles. The van der Waals surface area contributed by atoms with Crippen LogP contribution < -0.4 is 5.32 Å². The number of thioether (sulfide) groups is 1. The number of furan rings is 1. The third-order valence-corrected chi connectivity index (χ3v) is 3.41. The first-order valence-corrected chi connectivity index (χ1v) is 7.33. The molecule has 0 bridgehead atoms. The van der Waals surface area contributed by atoms with Gasteiger partial charge in [0.15, 0.2) is 0 Å². The summed E-state index contributed by atoms with van der Waals surface area (Å²) in [7, 11) is 0. The predicted molar refractivity (Wildman–Crippen MR) is 74.4 cm³/mol. The van der Waals surface area contributed by atoms with Gasteiger partial charge in [-0.3, -0.25) is 4.79 Å². The van der Waals surface area contributed by atoms with Crippen molar-refractivity contribution in [1.82, 2.24) is 15.5 Å². The van der Waals surface area contributed by atoms with E-state index in [9.17, 15) is 4.79 Å². The molecule has 0 saturated carbocycles. The van der Waals surface area contributed by atoms with Crippen molar-refractivity contribution < 1.29 is 13.6 Å². The fraction of sp³-hybridized carbons (Fsp3) is 0.462. The van der Waals surface area contributed by atoms with E-state index in [4.69, 9.17) is 8.83 Å². The summed E-state index contributed by atoms with van der Waals surface area (Å²) in [5.74, 6) is 1.61. The van der Waals surface area contributed by atoms with Crippen molar-refractivity contribution in [1.29, 1.82) is 0 Å². The Labute approximate surface area is 121 Å². The van der Waals surface area contributed by atoms with Crippen LogP contribution in [-0.4, -0.2) is 21.9 Å². The van der Waals surface area contributed by atoms with Crippen molar-refractivity contribution in [2.24, 2.45) is 0 Å². The van der Waals surface area contributed by atoms with E-state index >= 15 is 0 Å². The Morgan fingerprint density at radius 1 is 1.40 bits per heavy atom. The van der Waals surface area contributed by atoms with Crippen LogP contribution in [0.2, 0.25) is 0 Å². The Balaban J connectivity index is 1.80. The average molecular weight is 295 g/mol. The molecule has 1 amide bonds. The van der Waals surface area contributed by atoms with E-state index in [1.807, 2.05) is 26.8 Å². The lowest BCUT2D eigenvalue weighted by atomic mass is 10.2. The van der Waals surface area contributed by atoms with E-state index in [-0.39, 0.29) is 23.6 Å². The van der Waals surface area contributed by atoms with Gasteiger partial charge in [0.2, 0.25) is 11.8 Å². The van der Waals surface area contributed by atoms with Gasteiger partial charge in [-0.05, 0) is 19.1 Å². The van der Waals surface area contributed by atoms with E-state index in [0.29, 0.717) is 11.1 Å². The summed E-state index contributed by atoms with van der Waals surface area (Å²) < 4.78 is 10.6. The van der Waals surface area contributed by atoms with Gasteiger partial charge in [-0.15, -0.1) is 10.2 Å². The number of hydrogen-bond donors (Lipinski definition) is 1. The fourth-order valence-corrected chi connectivity index (χ4v) is 2.11. The molecule has 0 aromatic carbocycles. The lowest BCUT2D eigenvalue weighted by Gasteiger charge is -2.10. The van der Waals surface area contributed by atoms with Gasteiger partial charge in [0, 0.05) is 5.92 Å². The van der Waals surface area contributed by atoms with Crippen molar-refractivity contribution in [3.63, 3.8) is 0 Å². The molecule has 1 atom stereocenters. The van der Waals surface area contributed by atoms with Crippen LogP contribution in [0.25, 0.3) is 0 Å². The molecule has 0 saturated heterocycles. The standard InChI is InChI=1S/C13H17N3O3S/c1-8(2)12-15-16-13(19-12)20-7-11(17)14-9(3)10-5-4-6-18-10/h4-6,8-9H,7H2,1-3H3,(H,14,17). The fourth-order valence-electron chi connectivity index (χ4n) is 1.53. The molecule has 2 rings (SSSR count). The molecule has 0 aliphatic carbocycles. The Kier molecular flexibility index (Phi) is 4.84. The van der Waals surface area contributed by atoms with Gasteiger partial charge in [-0.25, -0.2) is 0 Å². The second kappa shape index (κ2) is 6.60. The largest absolute Gasteiger partial charge is 0.467 e. The summed E-state index contributed by atoms with van der Waals surface area (Å²) in [4.78, 5) is 11.8. The Hall–Kier alpha value is -1.76. The molecule has 6 nitrogen and oxygen atoms in total. The number of nitrogens with one attached hydrogen (secondary N) is 1. The normalized spacial score (nSPS) is 12.6. The van der Waals surface area contributed by atoms with E-state index in [2.05, 4.69) is 15.5 Å². The molecule has 0 radical (unpaired) electrons. The number of nitrogens with zero attached hydrogens (tertiary/aromatic N) is 2. The summed E-state index contributed by atoms with van der Waals surface area (Å²) in [6, 6.07) is 3.45. The molecule has 20 heavy (non-hydrogen) atoms. The minimum absolute atomic E-state index is 0.108. The number of carbonyl (C=O) groups is 1. The maximum atomic E-state index is 11.8. The van der Waals surface area contributed by atoms with Crippen molar-refractivity contribution in [3.8, 4) is 0 Å². The molecule has 1 unspecified atom stereocenters. The zero-order valence-electron chi connectivity index (χ0n) is 11.6. The number of carbonyl (C=O) groups excluding carboxylic acids is 1. The molecule has 0 fully saturated rings. The van der Waals surface area contributed by atoms with Crippen LogP contribution in [0.5, 0.6) is 0 Å². The van der Waals surface area contributed by atoms with Crippen LogP contribution in [0.3, 0.4) is 0 Å². The molecule has 0 spiro atoms. The minimum Gasteiger partial charge on any atom is -0.467 e. The Bertz CT molecular complexity index is 551. The van der Waals surface area contributed by atoms with E-state index in [0.717, 1.165) is 5.76 Å². The summed E-state index contributed by atoms with van der Waals surface area (Å²) in [5.41, 5.74) is 0. The van der Waals surface area contributed by atoms with Crippen LogP contribution in [0.4, 0.5) is 0 Å². The van der Waals surface area contributed by atoms with Gasteiger partial charge in [0.25, 0.3) is 5.22 Å². The van der Waals surface area contributed by atoms with Crippen molar-refractivity contribution in [3.05, 3.63) is 30.0 Å². The molecular formula is C13H17N3O3S. The maximum absolute atomic E-state index is 11.8. The lowest BCUT2D eigenvalue weighted by Crippen LogP contribution is -2.27. The molecule has 1 N–H and O–H groups in total. The van der Waals surface area contributed by atoms with Gasteiger partial charge < -0.3 is 14.2 Å². The van der Waals surface area contributed by atoms with Gasteiger partial charge in [0.05, 0.1) is 18.1 Å². The van der Waals surface area contributed by atoms with Crippen molar-refractivity contribution >= 4 is 17.7 Å². The van der Waals surface area contributed by atoms with Crippen LogP contribution in [0.15, 0.2) is 32.5 Å². The molecule has 2 aromatic heterocycles. The molecule has 0 aliphatic rings. The highest BCUT2D eigenvalue weighted by molar-refractivity contribution is 7.99. The summed E-state index contributed by atoms with van der Waals surface area (Å²) in [6.07, 6.45) is 1.58. The SMILES string of the molecule is CC(C)c1nnc(SCC(=O)NC(C)c2ccco2)o1. The topological polar surface area (TPSA) is 81.2 Å². The third kappa shape index (κ3) is 3.86. The number of rotatable bonds is 6. The minimum atomic E-state index is -0.160. The lowest BCUT2D eigenvalue weighted by molar-refractivity contribution is -0.119. The Morgan fingerprint density at radius 3 is 2.80 bits per heavy atom. The van der Waals surface area contributed by atoms with Gasteiger partial charge >= 0.3 is 0 Å². The summed E-state index contributed by atoms with van der Waals surface area (Å²) in [5, 5.41) is 11.0. The maximum Gasteiger partial charge on any atom is 0.277 e. The smallest absolute Gasteiger partial charge is 0.277 e. The second-order valence-corrected chi connectivity index (χ2v) is 5.58. The first kappa shape index (κ1) is 14.6. The van der Waals surface area contributed by atoms with Crippen LogP contribution >= 0.6 is 11.8 Å². The van der Waals surface area contributed by atoms with Crippen molar-refractivity contribution in [2.45, 2.75) is 38.0 Å².